The van der Waals surface area contributed by atoms with Gasteiger partial charge in [-0.3, -0.25) is 4.79 Å². The van der Waals surface area contributed by atoms with Crippen LogP contribution in [0.2, 0.25) is 0 Å². The van der Waals surface area contributed by atoms with Gasteiger partial charge in [0, 0.05) is 23.6 Å². The normalized spacial score (nSPS) is 12.7. The Morgan fingerprint density at radius 1 is 1.45 bits per heavy atom. The maximum atomic E-state index is 12.1. The molecule has 0 aliphatic carbocycles. The lowest BCUT2D eigenvalue weighted by atomic mass is 10.1. The van der Waals surface area contributed by atoms with Crippen molar-refractivity contribution in [2.75, 3.05) is 5.32 Å². The minimum Gasteiger partial charge on any atom is -0.406 e. The number of amides is 1. The van der Waals surface area contributed by atoms with Crippen LogP contribution in [0.25, 0.3) is 0 Å². The van der Waals surface area contributed by atoms with E-state index in [1.54, 1.807) is 10.9 Å². The Hall–Kier alpha value is -2.13. The van der Waals surface area contributed by atoms with Crippen molar-refractivity contribution in [3.8, 4) is 5.75 Å². The van der Waals surface area contributed by atoms with Crippen LogP contribution in [-0.2, 0) is 11.2 Å². The Labute approximate surface area is 127 Å². The molecule has 0 aliphatic rings. The number of carbonyl (C=O) groups is 1. The van der Waals surface area contributed by atoms with Gasteiger partial charge in [0.1, 0.15) is 5.75 Å². The molecule has 0 aliphatic heterocycles. The zero-order valence-corrected chi connectivity index (χ0v) is 11.9. The Kier molecular flexibility index (Phi) is 4.99. The van der Waals surface area contributed by atoms with Crippen LogP contribution in [0, 0.1) is 0 Å². The number of halogens is 3. The summed E-state index contributed by atoms with van der Waals surface area (Å²) in [5.41, 5.74) is 8.21. The second-order valence-electron chi connectivity index (χ2n) is 4.36. The van der Waals surface area contributed by atoms with Gasteiger partial charge in [-0.1, -0.05) is 6.07 Å². The van der Waals surface area contributed by atoms with Crippen molar-refractivity contribution in [1.82, 2.24) is 4.98 Å². The summed E-state index contributed by atoms with van der Waals surface area (Å²) >= 11 is 1.38. The predicted molar refractivity (Wildman–Crippen MR) is 75.5 cm³/mol. The lowest BCUT2D eigenvalue weighted by Crippen LogP contribution is -2.37. The number of carbonyl (C=O) groups excluding carboxylic acids is 1. The summed E-state index contributed by atoms with van der Waals surface area (Å²) in [7, 11) is 0. The number of thiazole rings is 1. The molecule has 0 saturated carbocycles. The van der Waals surface area contributed by atoms with Gasteiger partial charge in [-0.05, 0) is 12.1 Å². The van der Waals surface area contributed by atoms with E-state index >= 15 is 0 Å². The summed E-state index contributed by atoms with van der Waals surface area (Å²) in [6, 6.07) is 4.13. The molecule has 3 N–H and O–H groups in total. The smallest absolute Gasteiger partial charge is 0.406 e. The molecule has 5 nitrogen and oxygen atoms in total. The Balaban J connectivity index is 1.97. The standard InChI is InChI=1S/C13H12F3N3O2S/c14-13(15,16)21-10-3-1-2-8(4-10)19-12(20)11(17)5-9-6-22-7-18-9/h1-4,6-7,11H,5,17H2,(H,19,20). The number of benzene rings is 1. The van der Waals surface area contributed by atoms with Crippen LogP contribution in [0.4, 0.5) is 18.9 Å². The highest BCUT2D eigenvalue weighted by atomic mass is 32.1. The van der Waals surface area contributed by atoms with Gasteiger partial charge in [0.25, 0.3) is 0 Å². The summed E-state index contributed by atoms with van der Waals surface area (Å²) in [4.78, 5) is 15.9. The van der Waals surface area contributed by atoms with E-state index in [0.29, 0.717) is 5.69 Å². The van der Waals surface area contributed by atoms with E-state index in [2.05, 4.69) is 15.0 Å². The van der Waals surface area contributed by atoms with Gasteiger partial charge in [0.15, 0.2) is 0 Å². The van der Waals surface area contributed by atoms with Crippen LogP contribution in [0.5, 0.6) is 5.75 Å². The van der Waals surface area contributed by atoms with Crippen molar-refractivity contribution >= 4 is 22.9 Å². The van der Waals surface area contributed by atoms with Crippen LogP contribution in [0.3, 0.4) is 0 Å². The number of nitrogens with two attached hydrogens (primary N) is 1. The molecule has 0 saturated heterocycles. The van der Waals surface area contributed by atoms with Crippen molar-refractivity contribution < 1.29 is 22.7 Å². The SMILES string of the molecule is NC(Cc1cscn1)C(=O)Nc1cccc(OC(F)(F)F)c1. The van der Waals surface area contributed by atoms with Gasteiger partial charge >= 0.3 is 6.36 Å². The number of rotatable bonds is 5. The topological polar surface area (TPSA) is 77.2 Å². The summed E-state index contributed by atoms with van der Waals surface area (Å²) in [5.74, 6) is -0.935. The molecule has 1 atom stereocenters. The summed E-state index contributed by atoms with van der Waals surface area (Å²) in [5, 5.41) is 4.21. The quantitative estimate of drug-likeness (QED) is 0.883. The second-order valence-corrected chi connectivity index (χ2v) is 5.07. The molecule has 118 valence electrons. The van der Waals surface area contributed by atoms with Crippen molar-refractivity contribution in [2.24, 2.45) is 5.73 Å². The van der Waals surface area contributed by atoms with E-state index in [0.717, 1.165) is 12.1 Å². The van der Waals surface area contributed by atoms with E-state index in [9.17, 15) is 18.0 Å². The Morgan fingerprint density at radius 3 is 2.86 bits per heavy atom. The number of ether oxygens (including phenoxy) is 1. The molecule has 1 amide bonds. The lowest BCUT2D eigenvalue weighted by molar-refractivity contribution is -0.274. The minimum absolute atomic E-state index is 0.167. The van der Waals surface area contributed by atoms with E-state index in [1.165, 1.54) is 23.5 Å². The third kappa shape index (κ3) is 5.01. The summed E-state index contributed by atoms with van der Waals surface area (Å²) in [6.45, 7) is 0. The molecule has 2 aromatic rings. The van der Waals surface area contributed by atoms with Gasteiger partial charge in [-0.25, -0.2) is 4.98 Å². The fourth-order valence-corrected chi connectivity index (χ4v) is 2.23. The molecule has 1 unspecified atom stereocenters. The van der Waals surface area contributed by atoms with Crippen LogP contribution >= 0.6 is 11.3 Å². The highest BCUT2D eigenvalue weighted by Gasteiger charge is 2.31. The number of aromatic nitrogens is 1. The highest BCUT2D eigenvalue weighted by molar-refractivity contribution is 7.07. The summed E-state index contributed by atoms with van der Waals surface area (Å²) < 4.78 is 40.2. The average molecular weight is 331 g/mol. The van der Waals surface area contributed by atoms with E-state index in [1.807, 2.05) is 0 Å². The van der Waals surface area contributed by atoms with Crippen LogP contribution in [0.1, 0.15) is 5.69 Å². The minimum atomic E-state index is -4.79. The van der Waals surface area contributed by atoms with E-state index < -0.39 is 24.1 Å². The average Bonchev–Trinajstić information content (AvgIpc) is 2.89. The molecule has 22 heavy (non-hydrogen) atoms. The van der Waals surface area contributed by atoms with Crippen molar-refractivity contribution in [3.63, 3.8) is 0 Å². The lowest BCUT2D eigenvalue weighted by Gasteiger charge is -2.13. The molecule has 2 rings (SSSR count). The molecule has 0 bridgehead atoms. The van der Waals surface area contributed by atoms with Crippen molar-refractivity contribution in [2.45, 2.75) is 18.8 Å². The number of hydrogen-bond donors (Lipinski definition) is 2. The van der Waals surface area contributed by atoms with Gasteiger partial charge < -0.3 is 15.8 Å². The first-order chi connectivity index (χ1) is 10.3. The zero-order chi connectivity index (χ0) is 16.2. The summed E-state index contributed by atoms with van der Waals surface area (Å²) in [6.07, 6.45) is -4.54. The Morgan fingerprint density at radius 2 is 2.23 bits per heavy atom. The number of nitrogens with zero attached hydrogens (tertiary/aromatic N) is 1. The van der Waals surface area contributed by atoms with Crippen molar-refractivity contribution in [3.05, 3.63) is 40.8 Å². The number of hydrogen-bond acceptors (Lipinski definition) is 5. The first-order valence-electron chi connectivity index (χ1n) is 6.13. The predicted octanol–water partition coefficient (Wildman–Crippen LogP) is 2.55. The van der Waals surface area contributed by atoms with E-state index in [4.69, 9.17) is 5.73 Å². The third-order valence-electron chi connectivity index (χ3n) is 2.58. The molecule has 1 aromatic heterocycles. The van der Waals surface area contributed by atoms with E-state index in [-0.39, 0.29) is 12.1 Å². The Bertz CT molecular complexity index is 632. The molecular formula is C13H12F3N3O2S. The first-order valence-corrected chi connectivity index (χ1v) is 7.07. The first kappa shape index (κ1) is 16.2. The highest BCUT2D eigenvalue weighted by Crippen LogP contribution is 2.25. The molecular weight excluding hydrogens is 319 g/mol. The fraction of sp³-hybridized carbons (Fsp3) is 0.231. The molecule has 0 spiro atoms. The zero-order valence-electron chi connectivity index (χ0n) is 11.1. The largest absolute Gasteiger partial charge is 0.573 e. The number of alkyl halides is 3. The van der Waals surface area contributed by atoms with Gasteiger partial charge in [0.05, 0.1) is 17.2 Å². The fourth-order valence-electron chi connectivity index (χ4n) is 1.66. The van der Waals surface area contributed by atoms with Crippen LogP contribution in [0.15, 0.2) is 35.2 Å². The number of anilines is 1. The van der Waals surface area contributed by atoms with Crippen molar-refractivity contribution in [1.29, 1.82) is 0 Å². The van der Waals surface area contributed by atoms with Crippen LogP contribution in [-0.4, -0.2) is 23.3 Å². The monoisotopic (exact) mass is 331 g/mol. The maximum Gasteiger partial charge on any atom is 0.573 e. The third-order valence-corrected chi connectivity index (χ3v) is 3.22. The molecule has 1 aromatic carbocycles. The second kappa shape index (κ2) is 6.75. The van der Waals surface area contributed by atoms with Gasteiger partial charge in [-0.15, -0.1) is 24.5 Å². The number of nitrogens with one attached hydrogen (secondary N) is 1. The molecule has 9 heteroatoms. The molecule has 1 heterocycles. The van der Waals surface area contributed by atoms with Gasteiger partial charge in [-0.2, -0.15) is 0 Å². The molecule has 0 radical (unpaired) electrons. The van der Waals surface area contributed by atoms with Crippen LogP contribution < -0.4 is 15.8 Å². The maximum absolute atomic E-state index is 12.1. The van der Waals surface area contributed by atoms with Gasteiger partial charge in [0.2, 0.25) is 5.91 Å². The molecule has 0 fully saturated rings.